The maximum Gasteiger partial charge on any atom is 0.287 e. The highest BCUT2D eigenvalue weighted by Gasteiger charge is 2.32. The Morgan fingerprint density at radius 2 is 1.50 bits per heavy atom. The molecule has 2 aliphatic rings. The Balaban J connectivity index is 1.90. The van der Waals surface area contributed by atoms with Crippen LogP contribution < -0.4 is 5.32 Å². The predicted molar refractivity (Wildman–Crippen MR) is 79.5 cm³/mol. The zero-order chi connectivity index (χ0) is 14.5. The Morgan fingerprint density at radius 3 is 2.15 bits per heavy atom. The summed E-state index contributed by atoms with van der Waals surface area (Å²) in [5.74, 6) is -0.534. The van der Waals surface area contributed by atoms with Crippen molar-refractivity contribution >= 4 is 11.7 Å². The Morgan fingerprint density at radius 1 is 0.900 bits per heavy atom. The number of likely N-dealkylation sites (N-methyl/N-ethyl adjacent to an activating group) is 1. The molecule has 2 fully saturated rings. The predicted octanol–water partition coefficient (Wildman–Crippen LogP) is 2.12. The van der Waals surface area contributed by atoms with E-state index in [0.717, 1.165) is 44.9 Å². The number of carbonyl (C=O) groups excluding carboxylic acids is 2. The van der Waals surface area contributed by atoms with Crippen LogP contribution in [-0.2, 0) is 9.59 Å². The number of hydrogen-bond acceptors (Lipinski definition) is 3. The van der Waals surface area contributed by atoms with Crippen LogP contribution in [0.15, 0.2) is 0 Å². The summed E-state index contributed by atoms with van der Waals surface area (Å²) in [7, 11) is 4.11. The molecule has 0 heterocycles. The van der Waals surface area contributed by atoms with Crippen LogP contribution in [-0.4, -0.2) is 42.8 Å². The zero-order valence-electron chi connectivity index (χ0n) is 12.9. The van der Waals surface area contributed by atoms with Crippen LogP contribution in [0.1, 0.15) is 57.8 Å². The number of hydrogen-bond donors (Lipinski definition) is 1. The summed E-state index contributed by atoms with van der Waals surface area (Å²) in [4.78, 5) is 26.6. The molecule has 0 saturated heterocycles. The molecule has 0 bridgehead atoms. The molecule has 4 nitrogen and oxygen atoms in total. The van der Waals surface area contributed by atoms with Gasteiger partial charge in [0, 0.05) is 18.0 Å². The second-order valence-electron chi connectivity index (χ2n) is 6.59. The molecule has 0 spiro atoms. The van der Waals surface area contributed by atoms with Crippen LogP contribution in [0.3, 0.4) is 0 Å². The molecule has 2 unspecified atom stereocenters. The number of carbonyl (C=O) groups is 2. The molecule has 20 heavy (non-hydrogen) atoms. The highest BCUT2D eigenvalue weighted by atomic mass is 16.2. The van der Waals surface area contributed by atoms with Gasteiger partial charge in [0.25, 0.3) is 5.91 Å². The molecule has 2 saturated carbocycles. The summed E-state index contributed by atoms with van der Waals surface area (Å²) in [6, 6.07) is 0.505. The normalized spacial score (nSPS) is 28.4. The van der Waals surface area contributed by atoms with Crippen LogP contribution >= 0.6 is 0 Å². The summed E-state index contributed by atoms with van der Waals surface area (Å²) >= 11 is 0. The lowest BCUT2D eigenvalue weighted by molar-refractivity contribution is -0.141. The maximum atomic E-state index is 12.2. The van der Waals surface area contributed by atoms with Gasteiger partial charge in [-0.15, -0.1) is 0 Å². The minimum Gasteiger partial charge on any atom is -0.345 e. The van der Waals surface area contributed by atoms with Crippen molar-refractivity contribution in [3.05, 3.63) is 0 Å². The van der Waals surface area contributed by atoms with Crippen LogP contribution in [0.5, 0.6) is 0 Å². The zero-order valence-corrected chi connectivity index (χ0v) is 12.9. The number of nitrogens with zero attached hydrogens (tertiary/aromatic N) is 1. The van der Waals surface area contributed by atoms with Gasteiger partial charge < -0.3 is 10.2 Å². The van der Waals surface area contributed by atoms with E-state index in [0.29, 0.717) is 6.04 Å². The van der Waals surface area contributed by atoms with E-state index in [-0.39, 0.29) is 23.7 Å². The highest BCUT2D eigenvalue weighted by Crippen LogP contribution is 2.25. The van der Waals surface area contributed by atoms with E-state index in [9.17, 15) is 9.59 Å². The van der Waals surface area contributed by atoms with Crippen LogP contribution in [0.25, 0.3) is 0 Å². The molecule has 1 amide bonds. The monoisotopic (exact) mass is 280 g/mol. The van der Waals surface area contributed by atoms with E-state index in [1.54, 1.807) is 0 Å². The summed E-state index contributed by atoms with van der Waals surface area (Å²) in [6.07, 6.45) is 9.64. The van der Waals surface area contributed by atoms with Gasteiger partial charge in [0.15, 0.2) is 0 Å². The molecule has 114 valence electrons. The lowest BCUT2D eigenvalue weighted by atomic mass is 9.85. The number of ketones is 1. The number of nitrogens with one attached hydrogen (secondary N) is 1. The Labute approximate surface area is 122 Å². The molecule has 0 aromatic carbocycles. The minimum absolute atomic E-state index is 0.0230. The first-order valence-electron chi connectivity index (χ1n) is 8.10. The lowest BCUT2D eigenvalue weighted by Gasteiger charge is -2.36. The van der Waals surface area contributed by atoms with Gasteiger partial charge in [-0.05, 0) is 39.8 Å². The molecule has 0 aliphatic heterocycles. The van der Waals surface area contributed by atoms with Gasteiger partial charge in [0.05, 0.1) is 0 Å². The summed E-state index contributed by atoms with van der Waals surface area (Å²) < 4.78 is 0. The topological polar surface area (TPSA) is 49.4 Å². The number of Topliss-reactive ketones (excluding diaryl/α,β-unsaturated/α-hetero) is 1. The van der Waals surface area contributed by atoms with Gasteiger partial charge in [-0.25, -0.2) is 0 Å². The first kappa shape index (κ1) is 15.5. The molecule has 4 heteroatoms. The van der Waals surface area contributed by atoms with E-state index in [4.69, 9.17) is 0 Å². The minimum atomic E-state index is -0.337. The van der Waals surface area contributed by atoms with Crippen molar-refractivity contribution < 1.29 is 9.59 Å². The fourth-order valence-corrected chi connectivity index (χ4v) is 3.69. The highest BCUT2D eigenvalue weighted by molar-refractivity contribution is 6.37. The van der Waals surface area contributed by atoms with Crippen molar-refractivity contribution in [1.82, 2.24) is 10.2 Å². The van der Waals surface area contributed by atoms with Gasteiger partial charge in [-0.3, -0.25) is 9.59 Å². The van der Waals surface area contributed by atoms with E-state index < -0.39 is 0 Å². The van der Waals surface area contributed by atoms with Crippen LogP contribution in [0, 0.1) is 5.92 Å². The fraction of sp³-hybridized carbons (Fsp3) is 0.875. The van der Waals surface area contributed by atoms with Crippen LogP contribution in [0.4, 0.5) is 0 Å². The van der Waals surface area contributed by atoms with Gasteiger partial charge in [-0.1, -0.05) is 32.1 Å². The molecule has 1 N–H and O–H groups in total. The average Bonchev–Trinajstić information content (AvgIpc) is 2.47. The van der Waals surface area contributed by atoms with E-state index >= 15 is 0 Å². The van der Waals surface area contributed by atoms with Gasteiger partial charge in [0.1, 0.15) is 0 Å². The fourth-order valence-electron chi connectivity index (χ4n) is 3.69. The molecule has 2 aliphatic carbocycles. The molecule has 2 rings (SSSR count). The van der Waals surface area contributed by atoms with E-state index in [1.165, 1.54) is 12.8 Å². The van der Waals surface area contributed by atoms with Crippen molar-refractivity contribution in [3.63, 3.8) is 0 Å². The van der Waals surface area contributed by atoms with Gasteiger partial charge >= 0.3 is 0 Å². The summed E-state index contributed by atoms with van der Waals surface area (Å²) in [5.41, 5.74) is 0. The van der Waals surface area contributed by atoms with Crippen LogP contribution in [0.2, 0.25) is 0 Å². The quantitative estimate of drug-likeness (QED) is 0.803. The Kier molecular flexibility index (Phi) is 5.58. The first-order chi connectivity index (χ1) is 9.59. The summed E-state index contributed by atoms with van der Waals surface area (Å²) in [5, 5.41) is 3.02. The van der Waals surface area contributed by atoms with E-state index in [2.05, 4.69) is 24.3 Å². The summed E-state index contributed by atoms with van der Waals surface area (Å²) in [6.45, 7) is 0. The van der Waals surface area contributed by atoms with Crippen molar-refractivity contribution in [2.45, 2.75) is 69.9 Å². The van der Waals surface area contributed by atoms with Gasteiger partial charge in [0.2, 0.25) is 5.78 Å². The largest absolute Gasteiger partial charge is 0.345 e. The van der Waals surface area contributed by atoms with Crippen molar-refractivity contribution in [2.75, 3.05) is 14.1 Å². The average molecular weight is 280 g/mol. The smallest absolute Gasteiger partial charge is 0.287 e. The second-order valence-corrected chi connectivity index (χ2v) is 6.59. The third-order valence-corrected chi connectivity index (χ3v) is 4.91. The second kappa shape index (κ2) is 7.21. The Hall–Kier alpha value is -0.900. The third-order valence-electron chi connectivity index (χ3n) is 4.91. The molecule has 0 aromatic rings. The lowest BCUT2D eigenvalue weighted by Crippen LogP contribution is -2.53. The molecule has 0 radical (unpaired) electrons. The van der Waals surface area contributed by atoms with Crippen molar-refractivity contribution in [2.24, 2.45) is 5.92 Å². The SMILES string of the molecule is CN(C)C1CCCCC1NC(=O)C(=O)C1CCCCC1. The standard InChI is InChI=1S/C16H28N2O2/c1-18(2)14-11-7-6-10-13(14)17-16(20)15(19)12-8-4-3-5-9-12/h12-14H,3-11H2,1-2H3,(H,17,20). The van der Waals surface area contributed by atoms with Gasteiger partial charge in [-0.2, -0.15) is 0 Å². The molecule has 0 aromatic heterocycles. The molecular formula is C16H28N2O2. The first-order valence-corrected chi connectivity index (χ1v) is 8.10. The molecule has 2 atom stereocenters. The Bertz CT molecular complexity index is 348. The van der Waals surface area contributed by atoms with E-state index in [1.807, 2.05) is 0 Å². The maximum absolute atomic E-state index is 12.2. The van der Waals surface area contributed by atoms with Crippen molar-refractivity contribution in [1.29, 1.82) is 0 Å². The number of amides is 1. The molecular weight excluding hydrogens is 252 g/mol. The number of rotatable bonds is 4. The third kappa shape index (κ3) is 3.81. The van der Waals surface area contributed by atoms with Crippen molar-refractivity contribution in [3.8, 4) is 0 Å².